The van der Waals surface area contributed by atoms with E-state index in [1.807, 2.05) is 13.0 Å². The van der Waals surface area contributed by atoms with Gasteiger partial charge in [0.1, 0.15) is 11.0 Å². The van der Waals surface area contributed by atoms with Gasteiger partial charge in [-0.05, 0) is 53.8 Å². The molecule has 0 bridgehead atoms. The van der Waals surface area contributed by atoms with E-state index >= 15 is 0 Å². The van der Waals surface area contributed by atoms with E-state index < -0.39 is 0 Å². The van der Waals surface area contributed by atoms with Gasteiger partial charge in [-0.25, -0.2) is 9.97 Å². The number of carbonyl (C=O) groups is 1. The Balaban J connectivity index is 2.22. The van der Waals surface area contributed by atoms with Crippen LogP contribution >= 0.6 is 34.2 Å². The molecule has 2 aromatic heterocycles. The monoisotopic (exact) mass is 373 g/mol. The molecule has 2 rings (SSSR count). The molecule has 6 heteroatoms. The number of hydrogen-bond donors (Lipinski definition) is 1. The summed E-state index contributed by atoms with van der Waals surface area (Å²) in [6.07, 6.45) is 1.53. The second-order valence-electron chi connectivity index (χ2n) is 3.56. The molecule has 0 unspecified atom stereocenters. The average Bonchev–Trinajstić information content (AvgIpc) is 2.34. The predicted octanol–water partition coefficient (Wildman–Crippen LogP) is 3.30. The van der Waals surface area contributed by atoms with E-state index in [9.17, 15) is 4.79 Å². The fourth-order valence-corrected chi connectivity index (χ4v) is 1.86. The predicted molar refractivity (Wildman–Crippen MR) is 78.9 cm³/mol. The lowest BCUT2D eigenvalue weighted by Gasteiger charge is -2.06. The lowest BCUT2D eigenvalue weighted by Crippen LogP contribution is -2.14. The molecule has 4 nitrogen and oxygen atoms in total. The zero-order valence-corrected chi connectivity index (χ0v) is 12.4. The summed E-state index contributed by atoms with van der Waals surface area (Å²) in [6.45, 7) is 1.88. The van der Waals surface area contributed by atoms with Crippen molar-refractivity contribution >= 4 is 45.9 Å². The Kier molecular flexibility index (Phi) is 4.13. The molecule has 0 aliphatic carbocycles. The highest BCUT2D eigenvalue weighted by Gasteiger charge is 2.11. The number of anilines is 1. The van der Waals surface area contributed by atoms with Crippen molar-refractivity contribution in [1.29, 1.82) is 0 Å². The third kappa shape index (κ3) is 2.97. The topological polar surface area (TPSA) is 54.9 Å². The summed E-state index contributed by atoms with van der Waals surface area (Å²) in [5.41, 5.74) is 1.20. The van der Waals surface area contributed by atoms with Gasteiger partial charge < -0.3 is 5.32 Å². The smallest absolute Gasteiger partial charge is 0.259 e. The van der Waals surface area contributed by atoms with Gasteiger partial charge in [-0.3, -0.25) is 4.79 Å². The maximum atomic E-state index is 12.0. The zero-order chi connectivity index (χ0) is 13.1. The minimum Gasteiger partial charge on any atom is -0.306 e. The van der Waals surface area contributed by atoms with E-state index in [2.05, 4.69) is 37.9 Å². The van der Waals surface area contributed by atoms with Gasteiger partial charge in [-0.1, -0.05) is 11.6 Å². The molecule has 1 N–H and O–H groups in total. The highest BCUT2D eigenvalue weighted by molar-refractivity contribution is 14.1. The number of nitrogens with zero attached hydrogens (tertiary/aromatic N) is 2. The Morgan fingerprint density at radius 3 is 2.83 bits per heavy atom. The Labute approximate surface area is 123 Å². The van der Waals surface area contributed by atoms with Crippen molar-refractivity contribution in [3.05, 3.63) is 50.4 Å². The van der Waals surface area contributed by atoms with Crippen LogP contribution in [0.2, 0.25) is 5.15 Å². The van der Waals surface area contributed by atoms with Crippen molar-refractivity contribution in [2.75, 3.05) is 5.32 Å². The molecule has 1 amide bonds. The highest BCUT2D eigenvalue weighted by atomic mass is 127. The molecule has 0 aliphatic heterocycles. The summed E-state index contributed by atoms with van der Waals surface area (Å²) in [5.74, 6) is 0.180. The molecular formula is C12H9ClIN3O. The first-order valence-corrected chi connectivity index (χ1v) is 6.58. The normalized spacial score (nSPS) is 10.2. The van der Waals surface area contributed by atoms with E-state index in [-0.39, 0.29) is 11.1 Å². The standard InChI is InChI=1S/C12H9ClIN3O/c1-7-9(14)4-5-10(16-7)17-12(18)8-3-2-6-15-11(8)13/h2-6H,1H3,(H,16,17,18). The number of amides is 1. The van der Waals surface area contributed by atoms with Crippen LogP contribution in [-0.4, -0.2) is 15.9 Å². The number of hydrogen-bond acceptors (Lipinski definition) is 3. The second-order valence-corrected chi connectivity index (χ2v) is 5.08. The average molecular weight is 374 g/mol. The van der Waals surface area contributed by atoms with Crippen molar-refractivity contribution in [1.82, 2.24) is 9.97 Å². The van der Waals surface area contributed by atoms with Crippen LogP contribution in [-0.2, 0) is 0 Å². The number of aromatic nitrogens is 2. The molecule has 2 heterocycles. The third-order valence-corrected chi connectivity index (χ3v) is 3.71. The van der Waals surface area contributed by atoms with Gasteiger partial charge in [0.05, 0.1) is 11.3 Å². The van der Waals surface area contributed by atoms with Crippen molar-refractivity contribution in [3.63, 3.8) is 0 Å². The molecule has 92 valence electrons. The van der Waals surface area contributed by atoms with Crippen LogP contribution in [0.4, 0.5) is 5.82 Å². The fraction of sp³-hybridized carbons (Fsp3) is 0.0833. The maximum absolute atomic E-state index is 12.0. The molecule has 0 saturated heterocycles. The molecule has 0 fully saturated rings. The summed E-state index contributed by atoms with van der Waals surface area (Å²) >= 11 is 8.03. The first-order valence-electron chi connectivity index (χ1n) is 5.13. The van der Waals surface area contributed by atoms with Gasteiger partial charge in [0.15, 0.2) is 0 Å². The molecule has 0 radical (unpaired) electrons. The number of halogens is 2. The Bertz CT molecular complexity index is 604. The van der Waals surface area contributed by atoms with Crippen LogP contribution in [0.25, 0.3) is 0 Å². The van der Waals surface area contributed by atoms with Crippen molar-refractivity contribution in [2.24, 2.45) is 0 Å². The summed E-state index contributed by atoms with van der Waals surface area (Å²) in [4.78, 5) is 20.1. The van der Waals surface area contributed by atoms with Crippen LogP contribution < -0.4 is 5.32 Å². The molecule has 0 atom stereocenters. The summed E-state index contributed by atoms with van der Waals surface area (Å²) < 4.78 is 1.05. The summed E-state index contributed by atoms with van der Waals surface area (Å²) in [7, 11) is 0. The largest absolute Gasteiger partial charge is 0.306 e. The lowest BCUT2D eigenvalue weighted by molar-refractivity contribution is 0.102. The van der Waals surface area contributed by atoms with Gasteiger partial charge in [-0.15, -0.1) is 0 Å². The van der Waals surface area contributed by atoms with E-state index in [0.717, 1.165) is 9.26 Å². The fourth-order valence-electron chi connectivity index (χ4n) is 1.35. The van der Waals surface area contributed by atoms with E-state index in [4.69, 9.17) is 11.6 Å². The molecule has 18 heavy (non-hydrogen) atoms. The number of nitrogens with one attached hydrogen (secondary N) is 1. The zero-order valence-electron chi connectivity index (χ0n) is 9.45. The molecule has 0 saturated carbocycles. The van der Waals surface area contributed by atoms with Gasteiger partial charge >= 0.3 is 0 Å². The van der Waals surface area contributed by atoms with Gasteiger partial charge in [-0.2, -0.15) is 0 Å². The first-order chi connectivity index (χ1) is 8.58. The van der Waals surface area contributed by atoms with Gasteiger partial charge in [0, 0.05) is 9.77 Å². The van der Waals surface area contributed by atoms with Crippen LogP contribution in [0, 0.1) is 10.5 Å². The highest BCUT2D eigenvalue weighted by Crippen LogP contribution is 2.16. The second kappa shape index (κ2) is 5.62. The SMILES string of the molecule is Cc1nc(NC(=O)c2cccnc2Cl)ccc1I. The third-order valence-electron chi connectivity index (χ3n) is 2.27. The van der Waals surface area contributed by atoms with E-state index in [1.54, 1.807) is 18.2 Å². The summed E-state index contributed by atoms with van der Waals surface area (Å²) in [5, 5.41) is 2.87. The van der Waals surface area contributed by atoms with Crippen LogP contribution in [0.5, 0.6) is 0 Å². The Morgan fingerprint density at radius 1 is 1.39 bits per heavy atom. The van der Waals surface area contributed by atoms with E-state index in [0.29, 0.717) is 11.4 Å². The van der Waals surface area contributed by atoms with Crippen molar-refractivity contribution in [3.8, 4) is 0 Å². The lowest BCUT2D eigenvalue weighted by atomic mass is 10.2. The molecule has 2 aromatic rings. The number of rotatable bonds is 2. The number of carbonyl (C=O) groups excluding carboxylic acids is 1. The number of aryl methyl sites for hydroxylation is 1. The quantitative estimate of drug-likeness (QED) is 0.649. The van der Waals surface area contributed by atoms with Crippen LogP contribution in [0.15, 0.2) is 30.5 Å². The molecule has 0 aromatic carbocycles. The first kappa shape index (κ1) is 13.2. The minimum absolute atomic E-state index is 0.178. The van der Waals surface area contributed by atoms with Crippen molar-refractivity contribution in [2.45, 2.75) is 6.92 Å². The Morgan fingerprint density at radius 2 is 2.17 bits per heavy atom. The molecular weight excluding hydrogens is 365 g/mol. The van der Waals surface area contributed by atoms with Crippen LogP contribution in [0.1, 0.15) is 16.1 Å². The van der Waals surface area contributed by atoms with Crippen molar-refractivity contribution < 1.29 is 4.79 Å². The minimum atomic E-state index is -0.318. The Hall–Kier alpha value is -1.21. The van der Waals surface area contributed by atoms with Gasteiger partial charge in [0.2, 0.25) is 0 Å². The van der Waals surface area contributed by atoms with Crippen LogP contribution in [0.3, 0.4) is 0 Å². The van der Waals surface area contributed by atoms with Gasteiger partial charge in [0.25, 0.3) is 5.91 Å². The number of pyridine rings is 2. The summed E-state index contributed by atoms with van der Waals surface area (Å²) in [6, 6.07) is 6.91. The molecule has 0 spiro atoms. The maximum Gasteiger partial charge on any atom is 0.259 e. The van der Waals surface area contributed by atoms with E-state index in [1.165, 1.54) is 6.20 Å². The molecule has 0 aliphatic rings.